The molecule has 0 bridgehead atoms. The number of hydrogen-bond acceptors (Lipinski definition) is 4. The number of carbonyl (C=O) groups is 2. The van der Waals surface area contributed by atoms with Crippen LogP contribution in [0.3, 0.4) is 0 Å². The van der Waals surface area contributed by atoms with Gasteiger partial charge in [0.25, 0.3) is 5.91 Å². The lowest BCUT2D eigenvalue weighted by Gasteiger charge is -2.36. The van der Waals surface area contributed by atoms with Crippen molar-refractivity contribution >= 4 is 11.8 Å². The van der Waals surface area contributed by atoms with Crippen LogP contribution in [0.4, 0.5) is 4.39 Å². The third-order valence-electron chi connectivity index (χ3n) is 5.50. The van der Waals surface area contributed by atoms with Crippen LogP contribution in [0.25, 0.3) is 11.1 Å². The molecule has 6 nitrogen and oxygen atoms in total. The van der Waals surface area contributed by atoms with E-state index in [2.05, 4.69) is 10.3 Å². The lowest BCUT2D eigenvalue weighted by atomic mass is 9.99. The number of carbonyl (C=O) groups excluding carboxylic acids is 2. The Morgan fingerprint density at radius 2 is 1.81 bits per heavy atom. The lowest BCUT2D eigenvalue weighted by Crippen LogP contribution is -2.60. The maximum absolute atomic E-state index is 13.9. The molecule has 7 heteroatoms. The molecule has 4 rings (SSSR count). The molecule has 2 aromatic carbocycles. The summed E-state index contributed by atoms with van der Waals surface area (Å²) in [7, 11) is 0. The number of halogens is 1. The van der Waals surface area contributed by atoms with Gasteiger partial charge >= 0.3 is 0 Å². The zero-order valence-corrected chi connectivity index (χ0v) is 17.7. The Morgan fingerprint density at radius 1 is 1.12 bits per heavy atom. The van der Waals surface area contributed by atoms with Crippen molar-refractivity contribution in [3.8, 4) is 16.9 Å². The number of hydrogen-bond donors (Lipinski definition) is 1. The second-order valence-electron chi connectivity index (χ2n) is 7.67. The van der Waals surface area contributed by atoms with E-state index in [-0.39, 0.29) is 17.6 Å². The number of ether oxygens (including phenoxy) is 1. The molecule has 3 aromatic rings. The second-order valence-corrected chi connectivity index (χ2v) is 7.67. The van der Waals surface area contributed by atoms with Crippen molar-refractivity contribution in [1.82, 2.24) is 15.2 Å². The van der Waals surface area contributed by atoms with E-state index in [1.165, 1.54) is 17.0 Å². The summed E-state index contributed by atoms with van der Waals surface area (Å²) in [5.74, 6) is -1.07. The fourth-order valence-corrected chi connectivity index (χ4v) is 3.80. The van der Waals surface area contributed by atoms with Crippen LogP contribution in [0.2, 0.25) is 0 Å². The van der Waals surface area contributed by atoms with E-state index in [1.807, 2.05) is 36.4 Å². The fourth-order valence-electron chi connectivity index (χ4n) is 3.80. The van der Waals surface area contributed by atoms with Crippen molar-refractivity contribution < 1.29 is 18.7 Å². The Bertz CT molecular complexity index is 1090. The first-order chi connectivity index (χ1) is 15.5. The maximum atomic E-state index is 13.9. The molecule has 1 aromatic heterocycles. The van der Waals surface area contributed by atoms with Gasteiger partial charge in [-0.2, -0.15) is 0 Å². The van der Waals surface area contributed by atoms with Gasteiger partial charge in [-0.05, 0) is 47.9 Å². The van der Waals surface area contributed by atoms with Crippen molar-refractivity contribution in [3.63, 3.8) is 0 Å². The molecule has 1 N–H and O–H groups in total. The van der Waals surface area contributed by atoms with Gasteiger partial charge < -0.3 is 15.0 Å². The van der Waals surface area contributed by atoms with Crippen molar-refractivity contribution in [2.75, 3.05) is 13.1 Å². The monoisotopic (exact) mass is 433 g/mol. The van der Waals surface area contributed by atoms with Crippen molar-refractivity contribution in [3.05, 3.63) is 84.4 Å². The van der Waals surface area contributed by atoms with Gasteiger partial charge in [0.15, 0.2) is 17.7 Å². The Hall–Kier alpha value is -3.74. The first kappa shape index (κ1) is 21.5. The third kappa shape index (κ3) is 4.77. The van der Waals surface area contributed by atoms with Gasteiger partial charge in [0.2, 0.25) is 5.91 Å². The Morgan fingerprint density at radius 3 is 2.53 bits per heavy atom. The zero-order chi connectivity index (χ0) is 22.5. The average molecular weight is 433 g/mol. The van der Waals surface area contributed by atoms with Gasteiger partial charge in [-0.15, -0.1) is 0 Å². The van der Waals surface area contributed by atoms with Gasteiger partial charge in [0.1, 0.15) is 6.04 Å². The summed E-state index contributed by atoms with van der Waals surface area (Å²) < 4.78 is 19.5. The fraction of sp³-hybridized carbons (Fsp3) is 0.240. The molecule has 164 valence electrons. The van der Waals surface area contributed by atoms with E-state index >= 15 is 0 Å². The van der Waals surface area contributed by atoms with Crippen molar-refractivity contribution in [2.45, 2.75) is 25.5 Å². The largest absolute Gasteiger partial charge is 0.478 e. The van der Waals surface area contributed by atoms with Crippen LogP contribution in [-0.4, -0.2) is 46.9 Å². The maximum Gasteiger partial charge on any atom is 0.264 e. The highest BCUT2D eigenvalue weighted by Gasteiger charge is 2.35. The molecule has 2 heterocycles. The van der Waals surface area contributed by atoms with Gasteiger partial charge in [-0.1, -0.05) is 36.4 Å². The standard InChI is InChI=1S/C25H24FN3O3/c1-17(32-23-5-3-2-4-21(23)26)25(31)29-15-14-28-24(30)22(29)16-18-6-8-19(9-7-18)20-10-12-27-13-11-20/h2-13,17,22H,14-16H2,1H3,(H,28,30)/t17-,22+/m0/s1. The van der Waals surface area contributed by atoms with E-state index in [0.29, 0.717) is 19.5 Å². The van der Waals surface area contributed by atoms with E-state index < -0.39 is 18.0 Å². The minimum absolute atomic E-state index is 0.0121. The minimum Gasteiger partial charge on any atom is -0.478 e. The average Bonchev–Trinajstić information content (AvgIpc) is 2.82. The Balaban J connectivity index is 1.48. The number of piperazine rings is 1. The Kier molecular flexibility index (Phi) is 6.44. The van der Waals surface area contributed by atoms with Gasteiger partial charge in [0, 0.05) is 31.9 Å². The van der Waals surface area contributed by atoms with Gasteiger partial charge in [0.05, 0.1) is 0 Å². The molecule has 1 fully saturated rings. The van der Waals surface area contributed by atoms with Crippen LogP contribution in [0.5, 0.6) is 5.75 Å². The smallest absolute Gasteiger partial charge is 0.264 e. The minimum atomic E-state index is -0.922. The number of aromatic nitrogens is 1. The highest BCUT2D eigenvalue weighted by Crippen LogP contribution is 2.22. The second kappa shape index (κ2) is 9.60. The molecule has 1 saturated heterocycles. The first-order valence-corrected chi connectivity index (χ1v) is 10.5. The molecule has 2 amide bonds. The third-order valence-corrected chi connectivity index (χ3v) is 5.50. The predicted molar refractivity (Wildman–Crippen MR) is 118 cm³/mol. The zero-order valence-electron chi connectivity index (χ0n) is 17.7. The van der Waals surface area contributed by atoms with E-state index in [0.717, 1.165) is 16.7 Å². The van der Waals surface area contributed by atoms with Crippen LogP contribution < -0.4 is 10.1 Å². The number of nitrogens with zero attached hydrogens (tertiary/aromatic N) is 2. The quantitative estimate of drug-likeness (QED) is 0.648. The molecule has 0 unspecified atom stereocenters. The van der Waals surface area contributed by atoms with Crippen LogP contribution in [-0.2, 0) is 16.0 Å². The first-order valence-electron chi connectivity index (χ1n) is 10.5. The topological polar surface area (TPSA) is 71.5 Å². The number of pyridine rings is 1. The molecule has 1 aliphatic heterocycles. The summed E-state index contributed by atoms with van der Waals surface area (Å²) in [6.07, 6.45) is 2.93. The van der Waals surface area contributed by atoms with Crippen LogP contribution in [0.1, 0.15) is 12.5 Å². The summed E-state index contributed by atoms with van der Waals surface area (Å²) in [5.41, 5.74) is 3.03. The molecular weight excluding hydrogens is 409 g/mol. The number of amides is 2. The SMILES string of the molecule is C[C@H](Oc1ccccc1F)C(=O)N1CCNC(=O)[C@H]1Cc1ccc(-c2ccncc2)cc1. The molecule has 0 spiro atoms. The highest BCUT2D eigenvalue weighted by atomic mass is 19.1. The molecular formula is C25H24FN3O3. The predicted octanol–water partition coefficient (Wildman–Crippen LogP) is 3.22. The van der Waals surface area contributed by atoms with E-state index in [1.54, 1.807) is 31.5 Å². The molecule has 0 aliphatic carbocycles. The molecule has 0 saturated carbocycles. The molecule has 1 aliphatic rings. The normalized spacial score (nSPS) is 16.9. The summed E-state index contributed by atoms with van der Waals surface area (Å²) in [6.45, 7) is 2.31. The Labute approximate surface area is 186 Å². The van der Waals surface area contributed by atoms with Crippen molar-refractivity contribution in [1.29, 1.82) is 0 Å². The van der Waals surface area contributed by atoms with Gasteiger partial charge in [-0.25, -0.2) is 4.39 Å². The molecule has 0 radical (unpaired) electrons. The number of rotatable bonds is 6. The van der Waals surface area contributed by atoms with Crippen molar-refractivity contribution in [2.24, 2.45) is 0 Å². The van der Waals surface area contributed by atoms with Crippen LogP contribution in [0.15, 0.2) is 73.1 Å². The molecule has 32 heavy (non-hydrogen) atoms. The highest BCUT2D eigenvalue weighted by molar-refractivity contribution is 5.90. The van der Waals surface area contributed by atoms with Crippen LogP contribution in [0, 0.1) is 5.82 Å². The van der Waals surface area contributed by atoms with Crippen LogP contribution >= 0.6 is 0 Å². The summed E-state index contributed by atoms with van der Waals surface area (Å²) in [5, 5.41) is 2.83. The number of nitrogens with one attached hydrogen (secondary N) is 1. The lowest BCUT2D eigenvalue weighted by molar-refractivity contribution is -0.148. The summed E-state index contributed by atoms with van der Waals surface area (Å²) in [6, 6.07) is 17.0. The van der Waals surface area contributed by atoms with Gasteiger partial charge in [-0.3, -0.25) is 14.6 Å². The number of benzene rings is 2. The summed E-state index contributed by atoms with van der Waals surface area (Å²) in [4.78, 5) is 31.3. The van der Waals surface area contributed by atoms with E-state index in [4.69, 9.17) is 4.74 Å². The van der Waals surface area contributed by atoms with E-state index in [9.17, 15) is 14.0 Å². The molecule has 2 atom stereocenters. The number of para-hydroxylation sites is 1. The summed E-state index contributed by atoms with van der Waals surface area (Å²) >= 11 is 0.